The van der Waals surface area contributed by atoms with Gasteiger partial charge in [-0.25, -0.2) is 0 Å². The van der Waals surface area contributed by atoms with E-state index in [1.54, 1.807) is 6.92 Å². The third kappa shape index (κ3) is 4.72. The Labute approximate surface area is 95.4 Å². The van der Waals surface area contributed by atoms with Crippen LogP contribution in [0.3, 0.4) is 0 Å². The van der Waals surface area contributed by atoms with Gasteiger partial charge in [-0.15, -0.1) is 0 Å². The van der Waals surface area contributed by atoms with E-state index >= 15 is 0 Å². The molecule has 0 aromatic heterocycles. The molecule has 0 unspecified atom stereocenters. The van der Waals surface area contributed by atoms with Gasteiger partial charge in [-0.05, 0) is 19.8 Å². The summed E-state index contributed by atoms with van der Waals surface area (Å²) in [7, 11) is 0. The normalized spacial score (nSPS) is 18.4. The molecule has 5 heteroatoms. The Balaban J connectivity index is 2.21. The third-order valence-corrected chi connectivity index (χ3v) is 2.60. The van der Waals surface area contributed by atoms with Gasteiger partial charge in [-0.2, -0.15) is 0 Å². The summed E-state index contributed by atoms with van der Waals surface area (Å²) in [5, 5.41) is 9.29. The number of hydrogen-bond donors (Lipinski definition) is 1. The molecule has 1 rings (SSSR count). The lowest BCUT2D eigenvalue weighted by molar-refractivity contribution is -0.145. The van der Waals surface area contributed by atoms with Crippen molar-refractivity contribution in [1.82, 2.24) is 4.90 Å². The van der Waals surface area contributed by atoms with Crippen LogP contribution in [-0.2, 0) is 14.3 Å². The molecule has 0 radical (unpaired) electrons. The highest BCUT2D eigenvalue weighted by Crippen LogP contribution is 2.09. The molecule has 1 aliphatic heterocycles. The van der Waals surface area contributed by atoms with E-state index in [9.17, 15) is 14.7 Å². The average molecular weight is 229 g/mol. The molecule has 1 fully saturated rings. The van der Waals surface area contributed by atoms with Gasteiger partial charge in [0.25, 0.3) is 0 Å². The van der Waals surface area contributed by atoms with Crippen molar-refractivity contribution in [2.45, 2.75) is 32.3 Å². The number of ether oxygens (including phenoxy) is 1. The first-order valence-electron chi connectivity index (χ1n) is 5.69. The number of aliphatic hydroxyl groups is 1. The highest BCUT2D eigenvalue weighted by atomic mass is 16.5. The van der Waals surface area contributed by atoms with Gasteiger partial charge in [0.1, 0.15) is 6.42 Å². The number of esters is 1. The number of nitrogens with zero attached hydrogens (tertiary/aromatic N) is 1. The summed E-state index contributed by atoms with van der Waals surface area (Å²) in [6.45, 7) is 3.74. The Kier molecular flexibility index (Phi) is 5.42. The molecule has 1 N–H and O–H groups in total. The Morgan fingerprint density at radius 2 is 2.00 bits per heavy atom. The van der Waals surface area contributed by atoms with Crippen LogP contribution in [0.25, 0.3) is 0 Å². The van der Waals surface area contributed by atoms with Crippen molar-refractivity contribution in [1.29, 1.82) is 0 Å². The van der Waals surface area contributed by atoms with E-state index in [0.717, 1.165) is 13.1 Å². The molecule has 0 aromatic rings. The highest BCUT2D eigenvalue weighted by Gasteiger charge is 2.20. The minimum Gasteiger partial charge on any atom is -0.466 e. The van der Waals surface area contributed by atoms with Crippen LogP contribution < -0.4 is 0 Å². The quantitative estimate of drug-likeness (QED) is 0.529. The average Bonchev–Trinajstić information content (AvgIpc) is 2.21. The predicted molar refractivity (Wildman–Crippen MR) is 57.9 cm³/mol. The standard InChI is InChI=1S/C11H19NO4/c1-2-16-11(15)7-10(14)8-12-5-3-9(13)4-6-12/h9,13H,2-8H2,1H3. The summed E-state index contributed by atoms with van der Waals surface area (Å²) in [6.07, 6.45) is 1.02. The Morgan fingerprint density at radius 1 is 1.38 bits per heavy atom. The minimum absolute atomic E-state index is 0.116. The zero-order valence-corrected chi connectivity index (χ0v) is 9.65. The first-order chi connectivity index (χ1) is 7.61. The van der Waals surface area contributed by atoms with Crippen LogP contribution in [0.1, 0.15) is 26.2 Å². The van der Waals surface area contributed by atoms with E-state index in [-0.39, 0.29) is 24.9 Å². The number of Topliss-reactive ketones (excluding diaryl/α,β-unsaturated/α-hetero) is 1. The molecule has 92 valence electrons. The van der Waals surface area contributed by atoms with Gasteiger partial charge in [0, 0.05) is 13.1 Å². The van der Waals surface area contributed by atoms with Crippen LogP contribution in [0.15, 0.2) is 0 Å². The molecule has 5 nitrogen and oxygen atoms in total. The van der Waals surface area contributed by atoms with E-state index in [0.29, 0.717) is 19.4 Å². The van der Waals surface area contributed by atoms with Crippen LogP contribution >= 0.6 is 0 Å². The van der Waals surface area contributed by atoms with E-state index in [4.69, 9.17) is 4.74 Å². The maximum absolute atomic E-state index is 11.5. The number of carbonyl (C=O) groups is 2. The molecule has 0 aromatic carbocycles. The molecule has 0 bridgehead atoms. The lowest BCUT2D eigenvalue weighted by Crippen LogP contribution is -2.39. The molecule has 1 saturated heterocycles. The second-order valence-corrected chi connectivity index (χ2v) is 4.03. The van der Waals surface area contributed by atoms with Crippen molar-refractivity contribution in [2.75, 3.05) is 26.2 Å². The Hall–Kier alpha value is -0.940. The van der Waals surface area contributed by atoms with Crippen LogP contribution in [0.5, 0.6) is 0 Å². The largest absolute Gasteiger partial charge is 0.466 e. The number of carbonyl (C=O) groups excluding carboxylic acids is 2. The van der Waals surface area contributed by atoms with Gasteiger partial charge in [0.2, 0.25) is 0 Å². The molecular formula is C11H19NO4. The van der Waals surface area contributed by atoms with Gasteiger partial charge >= 0.3 is 5.97 Å². The number of piperidine rings is 1. The molecule has 1 heterocycles. The molecule has 0 spiro atoms. The van der Waals surface area contributed by atoms with Crippen LogP contribution in [0, 0.1) is 0 Å². The summed E-state index contributed by atoms with van der Waals surface area (Å²) in [5.41, 5.74) is 0. The zero-order valence-electron chi connectivity index (χ0n) is 9.65. The molecule has 0 saturated carbocycles. The predicted octanol–water partition coefficient (Wildman–Crippen LogP) is -0.0346. The fourth-order valence-electron chi connectivity index (χ4n) is 1.76. The summed E-state index contributed by atoms with van der Waals surface area (Å²) in [4.78, 5) is 24.5. The van der Waals surface area contributed by atoms with Crippen molar-refractivity contribution in [3.8, 4) is 0 Å². The first-order valence-corrected chi connectivity index (χ1v) is 5.69. The molecule has 0 amide bonds. The smallest absolute Gasteiger partial charge is 0.313 e. The molecule has 16 heavy (non-hydrogen) atoms. The van der Waals surface area contributed by atoms with Gasteiger partial charge in [0.05, 0.1) is 19.3 Å². The van der Waals surface area contributed by atoms with Crippen LogP contribution in [0.4, 0.5) is 0 Å². The summed E-state index contributed by atoms with van der Waals surface area (Å²) in [5.74, 6) is -0.570. The number of ketones is 1. The molecule has 1 aliphatic rings. The van der Waals surface area contributed by atoms with Crippen molar-refractivity contribution >= 4 is 11.8 Å². The minimum atomic E-state index is -0.454. The van der Waals surface area contributed by atoms with E-state index in [1.165, 1.54) is 0 Å². The summed E-state index contributed by atoms with van der Waals surface area (Å²) >= 11 is 0. The summed E-state index contributed by atoms with van der Waals surface area (Å²) in [6, 6.07) is 0. The fraction of sp³-hybridized carbons (Fsp3) is 0.818. The lowest BCUT2D eigenvalue weighted by Gasteiger charge is -2.28. The monoisotopic (exact) mass is 229 g/mol. The third-order valence-electron chi connectivity index (χ3n) is 2.60. The van der Waals surface area contributed by atoms with Crippen molar-refractivity contribution in [3.05, 3.63) is 0 Å². The topological polar surface area (TPSA) is 66.8 Å². The zero-order chi connectivity index (χ0) is 12.0. The second kappa shape index (κ2) is 6.60. The lowest BCUT2D eigenvalue weighted by atomic mass is 10.1. The second-order valence-electron chi connectivity index (χ2n) is 4.03. The van der Waals surface area contributed by atoms with Gasteiger partial charge in [-0.3, -0.25) is 14.5 Å². The van der Waals surface area contributed by atoms with Crippen LogP contribution in [0.2, 0.25) is 0 Å². The molecule has 0 atom stereocenters. The van der Waals surface area contributed by atoms with Gasteiger partial charge in [0.15, 0.2) is 5.78 Å². The van der Waals surface area contributed by atoms with E-state index in [2.05, 4.69) is 0 Å². The molecular weight excluding hydrogens is 210 g/mol. The maximum Gasteiger partial charge on any atom is 0.313 e. The number of rotatable bonds is 5. The highest BCUT2D eigenvalue weighted by molar-refractivity contribution is 5.96. The fourth-order valence-corrected chi connectivity index (χ4v) is 1.76. The van der Waals surface area contributed by atoms with Crippen molar-refractivity contribution in [2.24, 2.45) is 0 Å². The number of likely N-dealkylation sites (tertiary alicyclic amines) is 1. The molecule has 0 aliphatic carbocycles. The first kappa shape index (κ1) is 13.1. The Bertz CT molecular complexity index is 246. The summed E-state index contributed by atoms with van der Waals surface area (Å²) < 4.78 is 4.70. The van der Waals surface area contributed by atoms with Gasteiger partial charge < -0.3 is 9.84 Å². The van der Waals surface area contributed by atoms with E-state index in [1.807, 2.05) is 4.90 Å². The van der Waals surface area contributed by atoms with Crippen molar-refractivity contribution < 1.29 is 19.4 Å². The Morgan fingerprint density at radius 3 is 2.56 bits per heavy atom. The maximum atomic E-state index is 11.5. The van der Waals surface area contributed by atoms with Gasteiger partial charge in [-0.1, -0.05) is 0 Å². The number of aliphatic hydroxyl groups excluding tert-OH is 1. The SMILES string of the molecule is CCOC(=O)CC(=O)CN1CCC(O)CC1. The number of hydrogen-bond acceptors (Lipinski definition) is 5. The van der Waals surface area contributed by atoms with Crippen molar-refractivity contribution in [3.63, 3.8) is 0 Å². The van der Waals surface area contributed by atoms with E-state index < -0.39 is 5.97 Å². The van der Waals surface area contributed by atoms with Crippen LogP contribution in [-0.4, -0.2) is 54.1 Å².